The Morgan fingerprint density at radius 3 is 2.36 bits per heavy atom. The van der Waals surface area contributed by atoms with Gasteiger partial charge in [-0.25, -0.2) is 4.79 Å². The summed E-state index contributed by atoms with van der Waals surface area (Å²) in [6, 6.07) is 14.0. The van der Waals surface area contributed by atoms with Crippen molar-refractivity contribution >= 4 is 29.3 Å². The lowest BCUT2D eigenvalue weighted by atomic mass is 10.2. The molecule has 28 heavy (non-hydrogen) atoms. The summed E-state index contributed by atoms with van der Waals surface area (Å²) < 4.78 is 34.8. The summed E-state index contributed by atoms with van der Waals surface area (Å²) >= 11 is 0.401. The highest BCUT2D eigenvalue weighted by Gasteiger charge is 2.18. The van der Waals surface area contributed by atoms with Gasteiger partial charge in [0.2, 0.25) is 0 Å². The van der Waals surface area contributed by atoms with Gasteiger partial charge in [-0.05, 0) is 55.5 Å². The molecule has 0 heterocycles. The summed E-state index contributed by atoms with van der Waals surface area (Å²) in [4.78, 5) is 24.1. The van der Waals surface area contributed by atoms with Crippen molar-refractivity contribution in [3.8, 4) is 11.8 Å². The summed E-state index contributed by atoms with van der Waals surface area (Å²) in [5, 5.41) is 11.2. The molecule has 9 heteroatoms. The first-order valence-corrected chi connectivity index (χ1v) is 8.93. The number of rotatable bonds is 8. The van der Waals surface area contributed by atoms with E-state index >= 15 is 0 Å². The van der Waals surface area contributed by atoms with Crippen molar-refractivity contribution in [1.29, 1.82) is 5.26 Å². The Morgan fingerprint density at radius 2 is 1.79 bits per heavy atom. The number of nitrogens with zero attached hydrogens (tertiary/aromatic N) is 1. The fourth-order valence-corrected chi connectivity index (χ4v) is 2.53. The number of carbonyl (C=O) groups excluding carboxylic acids is 2. The standard InChI is InChI=1S/C19H16F2N2O4S/c1-12(27-15-6-2-13(10-22)3-7-15)18(25)26-11-17(24)23-14-4-8-16(9-5-14)28-19(20)21/h2-9,12,19H,11H2,1H3,(H,23,24)/t12-/m0/s1. The Hall–Kier alpha value is -3.12. The molecule has 2 aromatic rings. The highest BCUT2D eigenvalue weighted by molar-refractivity contribution is 7.99. The third-order valence-corrected chi connectivity index (χ3v) is 4.06. The topological polar surface area (TPSA) is 88.4 Å². The SMILES string of the molecule is C[C@H](Oc1ccc(C#N)cc1)C(=O)OCC(=O)Nc1ccc(SC(F)F)cc1. The van der Waals surface area contributed by atoms with Gasteiger partial charge in [0.25, 0.3) is 11.7 Å². The molecular weight excluding hydrogens is 390 g/mol. The van der Waals surface area contributed by atoms with E-state index in [4.69, 9.17) is 14.7 Å². The minimum atomic E-state index is -2.52. The molecule has 146 valence electrons. The van der Waals surface area contributed by atoms with Crippen molar-refractivity contribution in [3.63, 3.8) is 0 Å². The van der Waals surface area contributed by atoms with Gasteiger partial charge >= 0.3 is 5.97 Å². The minimum Gasteiger partial charge on any atom is -0.479 e. The Bertz CT molecular complexity index is 852. The van der Waals surface area contributed by atoms with Crippen LogP contribution in [-0.4, -0.2) is 30.3 Å². The van der Waals surface area contributed by atoms with Crippen LogP contribution in [0.1, 0.15) is 12.5 Å². The van der Waals surface area contributed by atoms with Crippen LogP contribution in [0.15, 0.2) is 53.4 Å². The second kappa shape index (κ2) is 10.3. The van der Waals surface area contributed by atoms with E-state index < -0.39 is 30.3 Å². The third kappa shape index (κ3) is 6.89. The number of thioether (sulfide) groups is 1. The molecule has 2 rings (SSSR count). The quantitative estimate of drug-likeness (QED) is 0.530. The average Bonchev–Trinajstić information content (AvgIpc) is 2.67. The van der Waals surface area contributed by atoms with E-state index in [1.807, 2.05) is 6.07 Å². The fraction of sp³-hybridized carbons (Fsp3) is 0.211. The van der Waals surface area contributed by atoms with Crippen LogP contribution in [0.2, 0.25) is 0 Å². The van der Waals surface area contributed by atoms with Crippen LogP contribution in [0.3, 0.4) is 0 Å². The van der Waals surface area contributed by atoms with E-state index in [0.717, 1.165) is 0 Å². The number of ether oxygens (including phenoxy) is 2. The third-order valence-electron chi connectivity index (χ3n) is 3.34. The van der Waals surface area contributed by atoms with Gasteiger partial charge in [-0.2, -0.15) is 14.0 Å². The Balaban J connectivity index is 1.77. The monoisotopic (exact) mass is 406 g/mol. The van der Waals surface area contributed by atoms with Crippen LogP contribution in [0.25, 0.3) is 0 Å². The van der Waals surface area contributed by atoms with Crippen molar-refractivity contribution in [2.24, 2.45) is 0 Å². The number of hydrogen-bond acceptors (Lipinski definition) is 6. The van der Waals surface area contributed by atoms with Gasteiger partial charge in [-0.15, -0.1) is 0 Å². The lowest BCUT2D eigenvalue weighted by molar-refractivity contribution is -0.153. The smallest absolute Gasteiger partial charge is 0.347 e. The summed E-state index contributed by atoms with van der Waals surface area (Å²) in [5.41, 5.74) is 0.849. The van der Waals surface area contributed by atoms with Gasteiger partial charge in [0.15, 0.2) is 12.7 Å². The van der Waals surface area contributed by atoms with E-state index in [9.17, 15) is 18.4 Å². The molecule has 0 fully saturated rings. The number of anilines is 1. The van der Waals surface area contributed by atoms with Crippen molar-refractivity contribution < 1.29 is 27.8 Å². The predicted octanol–water partition coefficient (Wildman–Crippen LogP) is 3.82. The summed E-state index contributed by atoms with van der Waals surface area (Å²) in [5.74, 6) is -3.45. The predicted molar refractivity (Wildman–Crippen MR) is 99.1 cm³/mol. The number of nitrogens with one attached hydrogen (secondary N) is 1. The largest absolute Gasteiger partial charge is 0.479 e. The van der Waals surface area contributed by atoms with E-state index in [1.165, 1.54) is 31.2 Å². The van der Waals surface area contributed by atoms with Gasteiger partial charge in [-0.3, -0.25) is 4.79 Å². The van der Waals surface area contributed by atoms with Crippen LogP contribution in [-0.2, 0) is 14.3 Å². The number of carbonyl (C=O) groups is 2. The Kier molecular flexibility index (Phi) is 7.77. The van der Waals surface area contributed by atoms with Crippen molar-refractivity contribution in [2.75, 3.05) is 11.9 Å². The van der Waals surface area contributed by atoms with E-state index in [2.05, 4.69) is 5.32 Å². The van der Waals surface area contributed by atoms with E-state index in [1.54, 1.807) is 24.3 Å². The first-order chi connectivity index (χ1) is 13.4. The van der Waals surface area contributed by atoms with Gasteiger partial charge in [0, 0.05) is 10.6 Å². The average molecular weight is 406 g/mol. The molecule has 2 aromatic carbocycles. The van der Waals surface area contributed by atoms with Gasteiger partial charge in [0.1, 0.15) is 5.75 Å². The molecule has 0 radical (unpaired) electrons. The Morgan fingerprint density at radius 1 is 1.14 bits per heavy atom. The number of nitriles is 1. The van der Waals surface area contributed by atoms with Crippen LogP contribution in [0.4, 0.5) is 14.5 Å². The molecule has 0 aliphatic rings. The zero-order valence-corrected chi connectivity index (χ0v) is 15.5. The molecule has 1 amide bonds. The maximum atomic E-state index is 12.3. The van der Waals surface area contributed by atoms with Gasteiger partial charge < -0.3 is 14.8 Å². The number of benzene rings is 2. The molecule has 1 atom stereocenters. The van der Waals surface area contributed by atoms with Crippen molar-refractivity contribution in [1.82, 2.24) is 0 Å². The summed E-state index contributed by atoms with van der Waals surface area (Å²) in [7, 11) is 0. The zero-order valence-electron chi connectivity index (χ0n) is 14.7. The van der Waals surface area contributed by atoms with Crippen LogP contribution in [0.5, 0.6) is 5.75 Å². The Labute approximate surface area is 164 Å². The minimum absolute atomic E-state index is 0.369. The molecule has 6 nitrogen and oxygen atoms in total. The molecule has 0 spiro atoms. The van der Waals surface area contributed by atoms with Crippen LogP contribution >= 0.6 is 11.8 Å². The molecule has 0 saturated carbocycles. The summed E-state index contributed by atoms with van der Waals surface area (Å²) in [6.07, 6.45) is -0.952. The van der Waals surface area contributed by atoms with Gasteiger partial charge in [-0.1, -0.05) is 11.8 Å². The molecule has 0 aliphatic heterocycles. The van der Waals surface area contributed by atoms with Gasteiger partial charge in [0.05, 0.1) is 11.6 Å². The second-order valence-electron chi connectivity index (χ2n) is 5.46. The van der Waals surface area contributed by atoms with Crippen LogP contribution in [0, 0.1) is 11.3 Å². The molecule has 1 N–H and O–H groups in total. The highest BCUT2D eigenvalue weighted by atomic mass is 32.2. The van der Waals surface area contributed by atoms with Crippen LogP contribution < -0.4 is 10.1 Å². The number of halogens is 2. The number of hydrogen-bond donors (Lipinski definition) is 1. The number of esters is 1. The van der Waals surface area contributed by atoms with Crippen molar-refractivity contribution in [2.45, 2.75) is 23.7 Å². The first-order valence-electron chi connectivity index (χ1n) is 8.05. The molecule has 0 bridgehead atoms. The zero-order chi connectivity index (χ0) is 20.5. The molecule has 0 aliphatic carbocycles. The maximum absolute atomic E-state index is 12.3. The maximum Gasteiger partial charge on any atom is 0.347 e. The van der Waals surface area contributed by atoms with E-state index in [0.29, 0.717) is 33.7 Å². The highest BCUT2D eigenvalue weighted by Crippen LogP contribution is 2.26. The molecule has 0 saturated heterocycles. The normalized spacial score (nSPS) is 11.4. The molecular formula is C19H16F2N2O4S. The van der Waals surface area contributed by atoms with E-state index in [-0.39, 0.29) is 0 Å². The number of amides is 1. The lowest BCUT2D eigenvalue weighted by Crippen LogP contribution is -2.29. The lowest BCUT2D eigenvalue weighted by Gasteiger charge is -2.14. The second-order valence-corrected chi connectivity index (χ2v) is 6.52. The molecule has 0 unspecified atom stereocenters. The fourth-order valence-electron chi connectivity index (χ4n) is 2.03. The summed E-state index contributed by atoms with van der Waals surface area (Å²) in [6.45, 7) is 0.950. The first kappa shape index (κ1) is 21.2. The number of alkyl halides is 2. The molecule has 0 aromatic heterocycles. The van der Waals surface area contributed by atoms with Crippen molar-refractivity contribution in [3.05, 3.63) is 54.1 Å².